The van der Waals surface area contributed by atoms with Gasteiger partial charge in [0.1, 0.15) is 4.90 Å². The van der Waals surface area contributed by atoms with E-state index in [1.807, 2.05) is 0 Å². The van der Waals surface area contributed by atoms with Crippen molar-refractivity contribution in [3.05, 3.63) is 18.3 Å². The Morgan fingerprint density at radius 2 is 2.00 bits per heavy atom. The van der Waals surface area contributed by atoms with Crippen molar-refractivity contribution in [3.63, 3.8) is 0 Å². The number of rotatable bonds is 3. The van der Waals surface area contributed by atoms with E-state index in [-0.39, 0.29) is 10.8 Å². The Kier molecular flexibility index (Phi) is 3.64. The molecule has 0 unspecified atom stereocenters. The molecule has 1 rings (SSSR count). The molecule has 9 heteroatoms. The average molecular weight is 276 g/mol. The molecule has 0 fully saturated rings. The van der Waals surface area contributed by atoms with Crippen LogP contribution in [0.3, 0.4) is 0 Å². The number of nitrogens with zero attached hydrogens (tertiary/aromatic N) is 1. The average Bonchev–Trinajstić information content (AvgIpc) is 2.13. The molecule has 4 nitrogen and oxygen atoms in total. The van der Waals surface area contributed by atoms with Crippen LogP contribution in [-0.2, 0) is 9.05 Å². The summed E-state index contributed by atoms with van der Waals surface area (Å²) >= 11 is 0. The van der Waals surface area contributed by atoms with Gasteiger partial charge in [0, 0.05) is 16.7 Å². The van der Waals surface area contributed by atoms with Gasteiger partial charge in [-0.1, -0.05) is 0 Å². The van der Waals surface area contributed by atoms with E-state index >= 15 is 0 Å². The number of hydrogen-bond donors (Lipinski definition) is 0. The van der Waals surface area contributed by atoms with Gasteiger partial charge in [0.15, 0.2) is 6.61 Å². The molecule has 0 N–H and O–H groups in total. The minimum atomic E-state index is -4.47. The quantitative estimate of drug-likeness (QED) is 0.791. The standard InChI is InChI=1S/C7H5ClF3NO3S/c8-16(13,14)5-1-2-6(12-3-5)15-4-7(9,10)11/h1-3H,4H2. The number of ether oxygens (including phenoxy) is 1. The molecule has 0 atom stereocenters. The summed E-state index contributed by atoms with van der Waals surface area (Å²) in [6.07, 6.45) is -3.66. The van der Waals surface area contributed by atoms with E-state index in [0.717, 1.165) is 18.3 Å². The van der Waals surface area contributed by atoms with Gasteiger partial charge < -0.3 is 4.74 Å². The summed E-state index contributed by atoms with van der Waals surface area (Å²) in [5.74, 6) is -0.332. The van der Waals surface area contributed by atoms with Crippen molar-refractivity contribution in [1.29, 1.82) is 0 Å². The summed E-state index contributed by atoms with van der Waals surface area (Å²) in [4.78, 5) is 3.05. The smallest absolute Gasteiger partial charge is 0.422 e. The fourth-order valence-electron chi connectivity index (χ4n) is 0.752. The monoisotopic (exact) mass is 275 g/mol. The Morgan fingerprint density at radius 3 is 2.38 bits per heavy atom. The summed E-state index contributed by atoms with van der Waals surface area (Å²) in [6, 6.07) is 1.99. The van der Waals surface area contributed by atoms with Crippen LogP contribution in [0.25, 0.3) is 0 Å². The predicted octanol–water partition coefficient (Wildman–Crippen LogP) is 1.95. The van der Waals surface area contributed by atoms with Crippen LogP contribution in [-0.4, -0.2) is 26.2 Å². The van der Waals surface area contributed by atoms with E-state index in [0.29, 0.717) is 0 Å². The highest BCUT2D eigenvalue weighted by molar-refractivity contribution is 8.13. The molecule has 1 heterocycles. The van der Waals surface area contributed by atoms with Crippen molar-refractivity contribution in [3.8, 4) is 5.88 Å². The highest BCUT2D eigenvalue weighted by atomic mass is 35.7. The molecule has 1 aromatic heterocycles. The zero-order chi connectivity index (χ0) is 12.4. The third-order valence-corrected chi connectivity index (χ3v) is 2.71. The summed E-state index contributed by atoms with van der Waals surface area (Å²) in [5.41, 5.74) is 0. The van der Waals surface area contributed by atoms with E-state index in [2.05, 4.69) is 9.72 Å². The first-order chi connectivity index (χ1) is 7.18. The van der Waals surface area contributed by atoms with Gasteiger partial charge in [0.25, 0.3) is 9.05 Å². The van der Waals surface area contributed by atoms with E-state index in [1.165, 1.54) is 0 Å². The lowest BCUT2D eigenvalue weighted by Crippen LogP contribution is -2.19. The molecule has 0 aliphatic heterocycles. The maximum absolute atomic E-state index is 11.7. The number of halogens is 4. The van der Waals surface area contributed by atoms with E-state index in [9.17, 15) is 21.6 Å². The molecule has 0 saturated heterocycles. The largest absolute Gasteiger partial charge is 0.468 e. The fraction of sp³-hybridized carbons (Fsp3) is 0.286. The fourth-order valence-corrected chi connectivity index (χ4v) is 1.44. The third kappa shape index (κ3) is 4.23. The van der Waals surface area contributed by atoms with Gasteiger partial charge in [-0.3, -0.25) is 0 Å². The molecular weight excluding hydrogens is 271 g/mol. The number of alkyl halides is 3. The lowest BCUT2D eigenvalue weighted by Gasteiger charge is -2.07. The molecule has 0 saturated carbocycles. The number of hydrogen-bond acceptors (Lipinski definition) is 4. The normalized spacial score (nSPS) is 12.5. The first-order valence-electron chi connectivity index (χ1n) is 3.79. The van der Waals surface area contributed by atoms with Gasteiger partial charge >= 0.3 is 6.18 Å². The second-order valence-corrected chi connectivity index (χ2v) is 5.24. The van der Waals surface area contributed by atoms with Crippen LogP contribution < -0.4 is 4.74 Å². The zero-order valence-electron chi connectivity index (χ0n) is 7.53. The Labute approximate surface area is 93.4 Å². The van der Waals surface area contributed by atoms with Gasteiger partial charge in [0.2, 0.25) is 5.88 Å². The zero-order valence-corrected chi connectivity index (χ0v) is 9.10. The van der Waals surface area contributed by atoms with Crippen LogP contribution in [0.15, 0.2) is 23.2 Å². The van der Waals surface area contributed by atoms with Gasteiger partial charge in [-0.05, 0) is 6.07 Å². The van der Waals surface area contributed by atoms with E-state index < -0.39 is 21.8 Å². The van der Waals surface area contributed by atoms with E-state index in [1.54, 1.807) is 0 Å². The molecule has 0 aliphatic rings. The predicted molar refractivity (Wildman–Crippen MR) is 48.8 cm³/mol. The Morgan fingerprint density at radius 1 is 1.38 bits per heavy atom. The van der Waals surface area contributed by atoms with Crippen LogP contribution in [0.5, 0.6) is 5.88 Å². The van der Waals surface area contributed by atoms with E-state index in [4.69, 9.17) is 10.7 Å². The SMILES string of the molecule is O=S(=O)(Cl)c1ccc(OCC(F)(F)F)nc1. The summed E-state index contributed by atoms with van der Waals surface area (Å²) < 4.78 is 61.0. The first kappa shape index (κ1) is 13.0. The Hall–Kier alpha value is -1.02. The minimum absolute atomic E-state index is 0.312. The lowest BCUT2D eigenvalue weighted by atomic mass is 10.5. The van der Waals surface area contributed by atoms with Gasteiger partial charge in [0.05, 0.1) is 6.20 Å². The van der Waals surface area contributed by atoms with Crippen LogP contribution >= 0.6 is 10.7 Å². The second kappa shape index (κ2) is 4.46. The van der Waals surface area contributed by atoms with Crippen molar-refractivity contribution < 1.29 is 26.3 Å². The molecule has 0 aliphatic carbocycles. The molecule has 0 amide bonds. The maximum Gasteiger partial charge on any atom is 0.422 e. The molecule has 90 valence electrons. The molecule has 0 spiro atoms. The summed E-state index contributed by atoms with van der Waals surface area (Å²) in [5, 5.41) is 0. The molecule has 16 heavy (non-hydrogen) atoms. The second-order valence-electron chi connectivity index (χ2n) is 2.67. The first-order valence-corrected chi connectivity index (χ1v) is 6.10. The van der Waals surface area contributed by atoms with Gasteiger partial charge in [-0.2, -0.15) is 13.2 Å². The van der Waals surface area contributed by atoms with Gasteiger partial charge in [-0.15, -0.1) is 0 Å². The highest BCUT2D eigenvalue weighted by Crippen LogP contribution is 2.19. The van der Waals surface area contributed by atoms with Crippen molar-refractivity contribution in [2.45, 2.75) is 11.1 Å². The molecule has 0 bridgehead atoms. The van der Waals surface area contributed by atoms with Gasteiger partial charge in [-0.25, -0.2) is 13.4 Å². The molecule has 0 radical (unpaired) electrons. The molecule has 1 aromatic rings. The minimum Gasteiger partial charge on any atom is -0.468 e. The maximum atomic E-state index is 11.7. The van der Waals surface area contributed by atoms with Crippen molar-refractivity contribution in [2.75, 3.05) is 6.61 Å². The Balaban J connectivity index is 2.73. The Bertz CT molecular complexity index is 457. The van der Waals surface area contributed by atoms with Crippen molar-refractivity contribution in [1.82, 2.24) is 4.98 Å². The molecular formula is C7H5ClF3NO3S. The van der Waals surface area contributed by atoms with Crippen LogP contribution in [0.4, 0.5) is 13.2 Å². The topological polar surface area (TPSA) is 56.3 Å². The van der Waals surface area contributed by atoms with Crippen LogP contribution in [0, 0.1) is 0 Å². The number of pyridine rings is 1. The highest BCUT2D eigenvalue weighted by Gasteiger charge is 2.28. The van der Waals surface area contributed by atoms with Crippen molar-refractivity contribution in [2.24, 2.45) is 0 Å². The van der Waals surface area contributed by atoms with Crippen LogP contribution in [0.1, 0.15) is 0 Å². The lowest BCUT2D eigenvalue weighted by molar-refractivity contribution is -0.154. The third-order valence-electron chi connectivity index (χ3n) is 1.37. The van der Waals surface area contributed by atoms with Crippen LogP contribution in [0.2, 0.25) is 0 Å². The summed E-state index contributed by atoms with van der Waals surface area (Å²) in [6.45, 7) is -1.49. The molecule has 0 aromatic carbocycles. The van der Waals surface area contributed by atoms with Crippen molar-refractivity contribution >= 4 is 19.7 Å². The summed E-state index contributed by atoms with van der Waals surface area (Å²) in [7, 11) is 1.04. The number of aromatic nitrogens is 1.